The minimum Gasteiger partial charge on any atom is -0.347 e. The maximum Gasteiger partial charge on any atom is 0.269 e. The lowest BCUT2D eigenvalue weighted by Crippen LogP contribution is -2.32. The van der Waals surface area contributed by atoms with Crippen molar-refractivity contribution in [2.45, 2.75) is 31.2 Å². The average molecular weight is 440 g/mol. The van der Waals surface area contributed by atoms with Crippen LogP contribution in [0.2, 0.25) is 0 Å². The van der Waals surface area contributed by atoms with Crippen LogP contribution >= 0.6 is 0 Å². The molecule has 4 rings (SSSR count). The maximum atomic E-state index is 12.5. The summed E-state index contributed by atoms with van der Waals surface area (Å²) in [5.74, 6) is -0.180. The molecule has 9 nitrogen and oxygen atoms in total. The first kappa shape index (κ1) is 20.7. The van der Waals surface area contributed by atoms with Crippen molar-refractivity contribution in [1.29, 1.82) is 0 Å². The van der Waals surface area contributed by atoms with Crippen LogP contribution in [0.1, 0.15) is 34.7 Å². The van der Waals surface area contributed by atoms with Crippen LogP contribution in [-0.2, 0) is 21.4 Å². The summed E-state index contributed by atoms with van der Waals surface area (Å²) >= 11 is 0. The van der Waals surface area contributed by atoms with Crippen LogP contribution in [0.5, 0.6) is 0 Å². The summed E-state index contributed by atoms with van der Waals surface area (Å²) in [7, 11) is -3.86. The van der Waals surface area contributed by atoms with Crippen LogP contribution in [0.4, 0.5) is 0 Å². The van der Waals surface area contributed by atoms with Crippen LogP contribution in [-0.4, -0.2) is 41.2 Å². The third-order valence-electron chi connectivity index (χ3n) is 4.89. The highest BCUT2D eigenvalue weighted by Crippen LogP contribution is 2.30. The molecule has 10 heteroatoms. The van der Waals surface area contributed by atoms with E-state index in [1.807, 2.05) is 31.2 Å². The molecular weight excluding hydrogens is 420 g/mol. The Hall–Kier alpha value is -3.53. The van der Waals surface area contributed by atoms with Gasteiger partial charge in [-0.2, -0.15) is 4.98 Å². The van der Waals surface area contributed by atoms with Gasteiger partial charge in [0.1, 0.15) is 4.90 Å². The molecule has 2 heterocycles. The lowest BCUT2D eigenvalue weighted by atomic mass is 10.1. The number of carbonyl (C=O) groups excluding carboxylic acids is 2. The molecule has 2 amide bonds. The molecule has 31 heavy (non-hydrogen) atoms. The van der Waals surface area contributed by atoms with Crippen LogP contribution < -0.4 is 5.32 Å². The zero-order valence-corrected chi connectivity index (χ0v) is 17.6. The van der Waals surface area contributed by atoms with E-state index in [9.17, 15) is 18.0 Å². The molecule has 0 atom stereocenters. The lowest BCUT2D eigenvalue weighted by molar-refractivity contribution is -0.121. The van der Waals surface area contributed by atoms with E-state index < -0.39 is 15.9 Å². The Balaban J connectivity index is 1.27. The Morgan fingerprint density at radius 2 is 1.87 bits per heavy atom. The van der Waals surface area contributed by atoms with Crippen molar-refractivity contribution < 1.29 is 22.5 Å². The van der Waals surface area contributed by atoms with Crippen molar-refractivity contribution >= 4 is 21.8 Å². The molecule has 1 aliphatic heterocycles. The SMILES string of the molecule is Cc1ccc(-c2noc(CNC(=O)CCCN3C(=O)c4ccccc4S3(=O)=O)n2)cc1. The standard InChI is InChI=1S/C21H20N4O5S/c1-14-8-10-15(11-9-14)20-23-19(30-24-20)13-22-18(26)7-4-12-25-21(27)16-5-2-3-6-17(16)31(25,28)29/h2-3,5-6,8-11H,4,7,12-13H2,1H3,(H,22,26). The Kier molecular flexibility index (Phi) is 5.55. The first-order valence-corrected chi connectivity index (χ1v) is 11.1. The Morgan fingerprint density at radius 1 is 1.13 bits per heavy atom. The lowest BCUT2D eigenvalue weighted by Gasteiger charge is -2.14. The molecule has 1 N–H and O–H groups in total. The van der Waals surface area contributed by atoms with E-state index in [1.165, 1.54) is 12.1 Å². The Morgan fingerprint density at radius 3 is 2.61 bits per heavy atom. The molecule has 0 spiro atoms. The smallest absolute Gasteiger partial charge is 0.269 e. The number of rotatable bonds is 7. The third-order valence-corrected chi connectivity index (χ3v) is 6.73. The first-order valence-electron chi connectivity index (χ1n) is 9.69. The fourth-order valence-corrected chi connectivity index (χ4v) is 4.85. The fourth-order valence-electron chi connectivity index (χ4n) is 3.24. The topological polar surface area (TPSA) is 122 Å². The van der Waals surface area contributed by atoms with E-state index >= 15 is 0 Å². The van der Waals surface area contributed by atoms with Crippen LogP contribution in [0.3, 0.4) is 0 Å². The second-order valence-corrected chi connectivity index (χ2v) is 8.97. The van der Waals surface area contributed by atoms with Gasteiger partial charge in [0, 0.05) is 18.5 Å². The zero-order chi connectivity index (χ0) is 22.0. The van der Waals surface area contributed by atoms with Gasteiger partial charge in [-0.25, -0.2) is 12.7 Å². The molecular formula is C21H20N4O5S. The molecule has 0 aliphatic carbocycles. The van der Waals surface area contributed by atoms with Gasteiger partial charge in [-0.3, -0.25) is 9.59 Å². The number of benzene rings is 2. The fraction of sp³-hybridized carbons (Fsp3) is 0.238. The molecule has 0 saturated heterocycles. The number of fused-ring (bicyclic) bond motifs is 1. The normalized spacial score (nSPS) is 14.5. The van der Waals surface area contributed by atoms with E-state index in [4.69, 9.17) is 4.52 Å². The Bertz CT molecular complexity index is 1230. The molecule has 1 aliphatic rings. The number of carbonyl (C=O) groups is 2. The van der Waals surface area contributed by atoms with Gasteiger partial charge in [0.25, 0.3) is 15.9 Å². The van der Waals surface area contributed by atoms with E-state index in [2.05, 4.69) is 15.5 Å². The van der Waals surface area contributed by atoms with Gasteiger partial charge in [0.15, 0.2) is 0 Å². The number of amides is 2. The number of hydrogen-bond acceptors (Lipinski definition) is 7. The summed E-state index contributed by atoms with van der Waals surface area (Å²) in [4.78, 5) is 28.7. The minimum atomic E-state index is -3.86. The van der Waals surface area contributed by atoms with Crippen LogP contribution in [0, 0.1) is 6.92 Å². The van der Waals surface area contributed by atoms with Gasteiger partial charge < -0.3 is 9.84 Å². The predicted molar refractivity (Wildman–Crippen MR) is 110 cm³/mol. The highest BCUT2D eigenvalue weighted by molar-refractivity contribution is 7.90. The van der Waals surface area contributed by atoms with Gasteiger partial charge in [0.05, 0.1) is 12.1 Å². The molecule has 0 fully saturated rings. The molecule has 1 aromatic heterocycles. The summed E-state index contributed by atoms with van der Waals surface area (Å²) in [6, 6.07) is 13.7. The van der Waals surface area contributed by atoms with Crippen LogP contribution in [0.15, 0.2) is 57.9 Å². The molecule has 0 saturated carbocycles. The summed E-state index contributed by atoms with van der Waals surface area (Å²) in [5, 5.41) is 6.56. The second kappa shape index (κ2) is 8.31. The number of nitrogens with one attached hydrogen (secondary N) is 1. The van der Waals surface area contributed by atoms with E-state index in [0.29, 0.717) is 5.82 Å². The van der Waals surface area contributed by atoms with E-state index in [1.54, 1.807) is 12.1 Å². The largest absolute Gasteiger partial charge is 0.347 e. The first-order chi connectivity index (χ1) is 14.9. The van der Waals surface area contributed by atoms with Gasteiger partial charge in [0.2, 0.25) is 17.6 Å². The summed E-state index contributed by atoms with van der Waals surface area (Å²) in [6.45, 7) is 1.97. The average Bonchev–Trinajstić information content (AvgIpc) is 3.30. The van der Waals surface area contributed by atoms with Gasteiger partial charge in [-0.1, -0.05) is 47.1 Å². The maximum absolute atomic E-state index is 12.5. The molecule has 0 bridgehead atoms. The highest BCUT2D eigenvalue weighted by Gasteiger charge is 2.40. The summed E-state index contributed by atoms with van der Waals surface area (Å²) in [5.41, 5.74) is 2.09. The van der Waals surface area contributed by atoms with E-state index in [0.717, 1.165) is 15.4 Å². The minimum absolute atomic E-state index is 0.00484. The van der Waals surface area contributed by atoms with Crippen molar-refractivity contribution in [1.82, 2.24) is 19.8 Å². The number of aryl methyl sites for hydroxylation is 1. The van der Waals surface area contributed by atoms with Crippen LogP contribution in [0.25, 0.3) is 11.4 Å². The highest BCUT2D eigenvalue weighted by atomic mass is 32.2. The van der Waals surface area contributed by atoms with E-state index in [-0.39, 0.29) is 48.2 Å². The van der Waals surface area contributed by atoms with Crippen molar-refractivity contribution in [2.24, 2.45) is 0 Å². The predicted octanol–water partition coefficient (Wildman–Crippen LogP) is 2.29. The summed E-state index contributed by atoms with van der Waals surface area (Å²) in [6.07, 6.45) is 0.248. The van der Waals surface area contributed by atoms with Crippen molar-refractivity contribution in [3.8, 4) is 11.4 Å². The molecule has 0 radical (unpaired) electrons. The van der Waals surface area contributed by atoms with Gasteiger partial charge in [-0.15, -0.1) is 0 Å². The Labute approximate surface area is 179 Å². The monoisotopic (exact) mass is 440 g/mol. The second-order valence-electron chi connectivity index (χ2n) is 7.14. The third kappa shape index (κ3) is 4.19. The number of nitrogens with zero attached hydrogens (tertiary/aromatic N) is 3. The number of sulfonamides is 1. The quantitative estimate of drug-likeness (QED) is 0.598. The van der Waals surface area contributed by atoms with Gasteiger partial charge in [-0.05, 0) is 25.5 Å². The van der Waals surface area contributed by atoms with Crippen molar-refractivity contribution in [3.05, 3.63) is 65.5 Å². The molecule has 160 valence electrons. The summed E-state index contributed by atoms with van der Waals surface area (Å²) < 4.78 is 31.0. The number of aromatic nitrogens is 2. The molecule has 2 aromatic carbocycles. The van der Waals surface area contributed by atoms with Crippen molar-refractivity contribution in [3.63, 3.8) is 0 Å². The van der Waals surface area contributed by atoms with Gasteiger partial charge >= 0.3 is 0 Å². The molecule has 0 unspecified atom stereocenters. The zero-order valence-electron chi connectivity index (χ0n) is 16.7. The number of hydrogen-bond donors (Lipinski definition) is 1. The van der Waals surface area contributed by atoms with Crippen molar-refractivity contribution in [2.75, 3.05) is 6.54 Å². The molecule has 3 aromatic rings.